The van der Waals surface area contributed by atoms with Gasteiger partial charge in [0.25, 0.3) is 5.56 Å². The number of amides is 1. The Kier molecular flexibility index (Phi) is 4.74. The maximum atomic E-state index is 12.2. The van der Waals surface area contributed by atoms with Crippen LogP contribution < -0.4 is 5.56 Å². The van der Waals surface area contributed by atoms with Gasteiger partial charge in [0.05, 0.1) is 6.10 Å². The van der Waals surface area contributed by atoms with E-state index in [2.05, 4.69) is 0 Å². The van der Waals surface area contributed by atoms with Gasteiger partial charge in [0.1, 0.15) is 6.04 Å². The second-order valence-corrected chi connectivity index (χ2v) is 4.98. The molecule has 114 valence electrons. The van der Waals surface area contributed by atoms with Crippen molar-refractivity contribution in [3.8, 4) is 0 Å². The van der Waals surface area contributed by atoms with Gasteiger partial charge in [-0.15, -0.1) is 0 Å². The van der Waals surface area contributed by atoms with E-state index in [0.29, 0.717) is 6.42 Å². The van der Waals surface area contributed by atoms with E-state index in [-0.39, 0.29) is 37.1 Å². The number of aliphatic carboxylic acids is 1. The van der Waals surface area contributed by atoms with Gasteiger partial charge in [-0.1, -0.05) is 6.07 Å². The maximum Gasteiger partial charge on any atom is 0.326 e. The molecular formula is C14H18N2O5. The molecule has 21 heavy (non-hydrogen) atoms. The van der Waals surface area contributed by atoms with Gasteiger partial charge < -0.3 is 19.3 Å². The number of methoxy groups -OCH3 is 1. The summed E-state index contributed by atoms with van der Waals surface area (Å²) in [5, 5.41) is 9.17. The monoisotopic (exact) mass is 294 g/mol. The number of carbonyl (C=O) groups is 2. The van der Waals surface area contributed by atoms with Gasteiger partial charge >= 0.3 is 5.97 Å². The SMILES string of the molecule is COC1CC(C(=O)O)N(C(=O)CCn2ccccc2=O)C1. The normalized spacial score (nSPS) is 21.5. The Morgan fingerprint density at radius 3 is 2.81 bits per heavy atom. The maximum absolute atomic E-state index is 12.2. The Morgan fingerprint density at radius 1 is 1.43 bits per heavy atom. The highest BCUT2D eigenvalue weighted by atomic mass is 16.5. The second kappa shape index (κ2) is 6.53. The molecule has 2 atom stereocenters. The summed E-state index contributed by atoms with van der Waals surface area (Å²) in [5.41, 5.74) is -0.184. The molecule has 7 heteroatoms. The average molecular weight is 294 g/mol. The standard InChI is InChI=1S/C14H18N2O5/c1-21-10-8-11(14(19)20)16(9-10)13(18)5-7-15-6-3-2-4-12(15)17/h2-4,6,10-11H,5,7-9H2,1H3,(H,19,20). The zero-order valence-corrected chi connectivity index (χ0v) is 11.8. The van der Waals surface area contributed by atoms with Crippen molar-refractivity contribution in [3.63, 3.8) is 0 Å². The smallest absolute Gasteiger partial charge is 0.326 e. The minimum absolute atomic E-state index is 0.0874. The molecule has 0 aliphatic carbocycles. The summed E-state index contributed by atoms with van der Waals surface area (Å²) in [6.45, 7) is 0.509. The van der Waals surface area contributed by atoms with Crippen molar-refractivity contribution in [2.45, 2.75) is 31.5 Å². The van der Waals surface area contributed by atoms with Crippen LogP contribution in [-0.4, -0.2) is 52.3 Å². The molecule has 0 aromatic carbocycles. The summed E-state index contributed by atoms with van der Waals surface area (Å²) < 4.78 is 6.57. The van der Waals surface area contributed by atoms with Crippen molar-refractivity contribution in [2.24, 2.45) is 0 Å². The predicted octanol–water partition coefficient (Wildman–Crippen LogP) is -0.0611. The van der Waals surface area contributed by atoms with Gasteiger partial charge in [-0.25, -0.2) is 4.79 Å². The summed E-state index contributed by atoms with van der Waals surface area (Å²) in [6.07, 6.45) is 1.73. The minimum Gasteiger partial charge on any atom is -0.480 e. The molecule has 0 radical (unpaired) electrons. The summed E-state index contributed by atoms with van der Waals surface area (Å²) >= 11 is 0. The van der Waals surface area contributed by atoms with Crippen LogP contribution in [0.4, 0.5) is 0 Å². The van der Waals surface area contributed by atoms with Crippen LogP contribution in [0, 0.1) is 0 Å². The zero-order valence-electron chi connectivity index (χ0n) is 11.8. The summed E-state index contributed by atoms with van der Waals surface area (Å²) in [5.74, 6) is -1.31. The first kappa shape index (κ1) is 15.2. The Balaban J connectivity index is 2.00. The molecule has 1 aromatic heterocycles. The number of aromatic nitrogens is 1. The van der Waals surface area contributed by atoms with Crippen LogP contribution >= 0.6 is 0 Å². The summed E-state index contributed by atoms with van der Waals surface area (Å²) in [7, 11) is 1.50. The number of pyridine rings is 1. The molecule has 7 nitrogen and oxygen atoms in total. The lowest BCUT2D eigenvalue weighted by molar-refractivity contribution is -0.148. The van der Waals surface area contributed by atoms with E-state index in [0.717, 1.165) is 0 Å². The Labute approximate surface area is 121 Å². The van der Waals surface area contributed by atoms with Crippen molar-refractivity contribution in [1.29, 1.82) is 0 Å². The third-order valence-corrected chi connectivity index (χ3v) is 3.67. The van der Waals surface area contributed by atoms with Crippen LogP contribution in [0.25, 0.3) is 0 Å². The van der Waals surface area contributed by atoms with E-state index in [4.69, 9.17) is 4.74 Å². The quantitative estimate of drug-likeness (QED) is 0.821. The van der Waals surface area contributed by atoms with Gasteiger partial charge in [-0.2, -0.15) is 0 Å². The third-order valence-electron chi connectivity index (χ3n) is 3.67. The van der Waals surface area contributed by atoms with Crippen LogP contribution in [0.3, 0.4) is 0 Å². The lowest BCUT2D eigenvalue weighted by Crippen LogP contribution is -2.41. The fraction of sp³-hybridized carbons (Fsp3) is 0.500. The second-order valence-electron chi connectivity index (χ2n) is 4.98. The van der Waals surface area contributed by atoms with E-state index in [1.54, 1.807) is 18.3 Å². The zero-order chi connectivity index (χ0) is 15.4. The number of aryl methyl sites for hydroxylation is 1. The summed E-state index contributed by atoms with van der Waals surface area (Å²) in [4.78, 5) is 36.3. The number of carboxylic acids is 1. The van der Waals surface area contributed by atoms with Crippen molar-refractivity contribution in [1.82, 2.24) is 9.47 Å². The average Bonchev–Trinajstić information content (AvgIpc) is 2.90. The Hall–Kier alpha value is -2.15. The number of ether oxygens (including phenoxy) is 1. The van der Waals surface area contributed by atoms with E-state index < -0.39 is 12.0 Å². The largest absolute Gasteiger partial charge is 0.480 e. The third kappa shape index (κ3) is 3.49. The first-order valence-corrected chi connectivity index (χ1v) is 6.73. The van der Waals surface area contributed by atoms with Crippen LogP contribution in [0.5, 0.6) is 0 Å². The molecule has 0 bridgehead atoms. The molecule has 1 saturated heterocycles. The van der Waals surface area contributed by atoms with Gasteiger partial charge in [-0.3, -0.25) is 9.59 Å². The van der Waals surface area contributed by atoms with Crippen LogP contribution in [0.1, 0.15) is 12.8 Å². The Bertz CT molecular complexity index is 583. The van der Waals surface area contributed by atoms with E-state index >= 15 is 0 Å². The molecule has 1 amide bonds. The van der Waals surface area contributed by atoms with Crippen molar-refractivity contribution >= 4 is 11.9 Å². The first-order chi connectivity index (χ1) is 10.0. The lowest BCUT2D eigenvalue weighted by Gasteiger charge is -2.21. The van der Waals surface area contributed by atoms with Crippen molar-refractivity contribution in [2.75, 3.05) is 13.7 Å². The number of likely N-dealkylation sites (tertiary alicyclic amines) is 1. The van der Waals surface area contributed by atoms with Gasteiger partial charge in [0, 0.05) is 45.3 Å². The molecule has 2 unspecified atom stereocenters. The molecule has 1 fully saturated rings. The molecule has 0 spiro atoms. The fourth-order valence-electron chi connectivity index (χ4n) is 2.48. The van der Waals surface area contributed by atoms with Crippen LogP contribution in [0.15, 0.2) is 29.2 Å². The highest BCUT2D eigenvalue weighted by Crippen LogP contribution is 2.21. The van der Waals surface area contributed by atoms with Gasteiger partial charge in [0.15, 0.2) is 0 Å². The fourth-order valence-corrected chi connectivity index (χ4v) is 2.48. The number of carboxylic acid groups (broad SMARTS) is 1. The molecular weight excluding hydrogens is 276 g/mol. The number of nitrogens with zero attached hydrogens (tertiary/aromatic N) is 2. The highest BCUT2D eigenvalue weighted by Gasteiger charge is 2.39. The van der Waals surface area contributed by atoms with Crippen LogP contribution in [-0.2, 0) is 20.9 Å². The highest BCUT2D eigenvalue weighted by molar-refractivity contribution is 5.84. The molecule has 2 rings (SSSR count). The lowest BCUT2D eigenvalue weighted by atomic mass is 10.2. The minimum atomic E-state index is -1.03. The Morgan fingerprint density at radius 2 is 2.19 bits per heavy atom. The van der Waals surface area contributed by atoms with Crippen molar-refractivity contribution < 1.29 is 19.4 Å². The molecule has 1 aliphatic rings. The number of rotatable bonds is 5. The van der Waals surface area contributed by atoms with Crippen molar-refractivity contribution in [3.05, 3.63) is 34.7 Å². The number of hydrogen-bond donors (Lipinski definition) is 1. The number of hydrogen-bond acceptors (Lipinski definition) is 4. The van der Waals surface area contributed by atoms with E-state index in [1.165, 1.54) is 22.6 Å². The van der Waals surface area contributed by atoms with Crippen LogP contribution in [0.2, 0.25) is 0 Å². The van der Waals surface area contributed by atoms with E-state index in [1.807, 2.05) is 0 Å². The molecule has 1 aromatic rings. The molecule has 1 aliphatic heterocycles. The molecule has 0 saturated carbocycles. The molecule has 1 N–H and O–H groups in total. The topological polar surface area (TPSA) is 88.8 Å². The van der Waals surface area contributed by atoms with E-state index in [9.17, 15) is 19.5 Å². The molecule has 2 heterocycles. The first-order valence-electron chi connectivity index (χ1n) is 6.73. The van der Waals surface area contributed by atoms with Gasteiger partial charge in [-0.05, 0) is 6.07 Å². The van der Waals surface area contributed by atoms with Gasteiger partial charge in [0.2, 0.25) is 5.91 Å². The predicted molar refractivity (Wildman–Crippen MR) is 73.9 cm³/mol. The number of carbonyl (C=O) groups excluding carboxylic acids is 1. The summed E-state index contributed by atoms with van der Waals surface area (Å²) in [6, 6.07) is 3.91.